The first kappa shape index (κ1) is 21.8. The second kappa shape index (κ2) is 8.27. The molecule has 0 aliphatic heterocycles. The number of hydrogen-bond donors (Lipinski definition) is 0. The summed E-state index contributed by atoms with van der Waals surface area (Å²) in [5, 5.41) is 0.484. The Morgan fingerprint density at radius 2 is 1.53 bits per heavy atom. The second-order valence-electron chi connectivity index (χ2n) is 9.26. The van der Waals surface area contributed by atoms with Gasteiger partial charge in [0.05, 0.1) is 5.39 Å². The van der Waals surface area contributed by atoms with Crippen LogP contribution in [0.4, 0.5) is 4.39 Å². The molecule has 1 aromatic heterocycles. The SMILES string of the molecule is Cc1cc2oc(-c3ccc(C(C)(C)C)cc3)c(OCc3ccc(F)cc3)c(=O)c2cc1C. The lowest BCUT2D eigenvalue weighted by Gasteiger charge is -2.19. The van der Waals surface area contributed by atoms with Crippen molar-refractivity contribution in [1.29, 1.82) is 0 Å². The van der Waals surface area contributed by atoms with Gasteiger partial charge in [-0.1, -0.05) is 57.2 Å². The van der Waals surface area contributed by atoms with E-state index in [0.29, 0.717) is 16.7 Å². The van der Waals surface area contributed by atoms with Crippen LogP contribution in [0.25, 0.3) is 22.3 Å². The molecular weight excluding hydrogens is 403 g/mol. The third-order valence-electron chi connectivity index (χ3n) is 5.77. The van der Waals surface area contributed by atoms with Gasteiger partial charge in [-0.15, -0.1) is 0 Å². The zero-order chi connectivity index (χ0) is 23.0. The van der Waals surface area contributed by atoms with Gasteiger partial charge in [0.25, 0.3) is 0 Å². The average Bonchev–Trinajstić information content (AvgIpc) is 2.75. The van der Waals surface area contributed by atoms with Crippen LogP contribution in [0.15, 0.2) is 69.9 Å². The van der Waals surface area contributed by atoms with Gasteiger partial charge >= 0.3 is 0 Å². The third kappa shape index (κ3) is 4.31. The quantitative estimate of drug-likeness (QED) is 0.347. The highest BCUT2D eigenvalue weighted by atomic mass is 19.1. The molecule has 0 unspecified atom stereocenters. The highest BCUT2D eigenvalue weighted by molar-refractivity contribution is 5.83. The molecule has 1 heterocycles. The summed E-state index contributed by atoms with van der Waals surface area (Å²) in [5.74, 6) is 0.242. The lowest BCUT2D eigenvalue weighted by Crippen LogP contribution is -2.12. The van der Waals surface area contributed by atoms with Crippen molar-refractivity contribution in [1.82, 2.24) is 0 Å². The Bertz CT molecular complexity index is 1330. The van der Waals surface area contributed by atoms with Gasteiger partial charge < -0.3 is 9.15 Å². The molecule has 4 rings (SSSR count). The number of ether oxygens (including phenoxy) is 1. The molecule has 0 saturated carbocycles. The van der Waals surface area contributed by atoms with Crippen molar-refractivity contribution in [3.8, 4) is 17.1 Å². The van der Waals surface area contributed by atoms with Crippen LogP contribution in [0.2, 0.25) is 0 Å². The summed E-state index contributed by atoms with van der Waals surface area (Å²) < 4.78 is 25.5. The van der Waals surface area contributed by atoms with Gasteiger partial charge in [-0.25, -0.2) is 4.39 Å². The van der Waals surface area contributed by atoms with Crippen LogP contribution >= 0.6 is 0 Å². The first-order chi connectivity index (χ1) is 15.1. The first-order valence-electron chi connectivity index (χ1n) is 10.7. The van der Waals surface area contributed by atoms with E-state index in [1.54, 1.807) is 12.1 Å². The molecule has 0 N–H and O–H groups in total. The van der Waals surface area contributed by atoms with Crippen LogP contribution in [-0.4, -0.2) is 0 Å². The van der Waals surface area contributed by atoms with Gasteiger partial charge in [-0.05, 0) is 65.8 Å². The Labute approximate surface area is 187 Å². The predicted octanol–water partition coefficient (Wildman–Crippen LogP) is 7.09. The van der Waals surface area contributed by atoms with Gasteiger partial charge in [0, 0.05) is 5.56 Å². The predicted molar refractivity (Wildman–Crippen MR) is 127 cm³/mol. The molecule has 32 heavy (non-hydrogen) atoms. The molecule has 0 saturated heterocycles. The topological polar surface area (TPSA) is 39.4 Å². The van der Waals surface area contributed by atoms with Crippen molar-refractivity contribution in [2.75, 3.05) is 0 Å². The lowest BCUT2D eigenvalue weighted by atomic mass is 9.86. The lowest BCUT2D eigenvalue weighted by molar-refractivity contribution is 0.297. The smallest absolute Gasteiger partial charge is 0.235 e. The summed E-state index contributed by atoms with van der Waals surface area (Å²) in [6.45, 7) is 10.5. The summed E-state index contributed by atoms with van der Waals surface area (Å²) in [7, 11) is 0. The van der Waals surface area contributed by atoms with Gasteiger partial charge in [-0.3, -0.25) is 4.79 Å². The maximum absolute atomic E-state index is 13.4. The van der Waals surface area contributed by atoms with Gasteiger partial charge in [0.2, 0.25) is 11.2 Å². The minimum absolute atomic E-state index is 0.0132. The minimum atomic E-state index is -0.315. The molecule has 164 valence electrons. The fourth-order valence-electron chi connectivity index (χ4n) is 3.61. The molecule has 4 heteroatoms. The van der Waals surface area contributed by atoms with Crippen LogP contribution in [0.3, 0.4) is 0 Å². The van der Waals surface area contributed by atoms with Gasteiger partial charge in [0.15, 0.2) is 5.76 Å². The summed E-state index contributed by atoms with van der Waals surface area (Å²) >= 11 is 0. The van der Waals surface area contributed by atoms with Crippen molar-refractivity contribution >= 4 is 11.0 Å². The highest BCUT2D eigenvalue weighted by Gasteiger charge is 2.20. The van der Waals surface area contributed by atoms with E-state index in [4.69, 9.17) is 9.15 Å². The van der Waals surface area contributed by atoms with Crippen LogP contribution in [0, 0.1) is 19.7 Å². The number of hydrogen-bond acceptors (Lipinski definition) is 3. The molecule has 0 atom stereocenters. The van der Waals surface area contributed by atoms with Crippen molar-refractivity contribution in [3.05, 3.63) is 99.0 Å². The Morgan fingerprint density at radius 3 is 2.16 bits per heavy atom. The van der Waals surface area contributed by atoms with E-state index < -0.39 is 0 Å². The molecule has 3 nitrogen and oxygen atoms in total. The molecule has 0 spiro atoms. The number of rotatable bonds is 4. The fourth-order valence-corrected chi connectivity index (χ4v) is 3.61. The molecule has 0 bridgehead atoms. The van der Waals surface area contributed by atoms with Crippen molar-refractivity contribution in [2.45, 2.75) is 46.6 Å². The normalized spacial score (nSPS) is 11.7. The zero-order valence-electron chi connectivity index (χ0n) is 19.1. The Balaban J connectivity index is 1.85. The van der Waals surface area contributed by atoms with E-state index in [1.165, 1.54) is 17.7 Å². The molecule has 0 aliphatic carbocycles. The monoisotopic (exact) mass is 430 g/mol. The summed E-state index contributed by atoms with van der Waals surface area (Å²) in [5.41, 5.74) is 5.10. The maximum Gasteiger partial charge on any atom is 0.235 e. The van der Waals surface area contributed by atoms with Crippen LogP contribution in [0.1, 0.15) is 43.0 Å². The van der Waals surface area contributed by atoms with E-state index in [-0.39, 0.29) is 29.0 Å². The van der Waals surface area contributed by atoms with E-state index in [9.17, 15) is 9.18 Å². The average molecular weight is 431 g/mol. The van der Waals surface area contributed by atoms with Gasteiger partial charge in [0.1, 0.15) is 18.0 Å². The van der Waals surface area contributed by atoms with E-state index in [2.05, 4.69) is 20.8 Å². The third-order valence-corrected chi connectivity index (χ3v) is 5.77. The maximum atomic E-state index is 13.4. The van der Waals surface area contributed by atoms with Gasteiger partial charge in [-0.2, -0.15) is 0 Å². The van der Waals surface area contributed by atoms with Crippen molar-refractivity contribution in [2.24, 2.45) is 0 Å². The summed E-state index contributed by atoms with van der Waals surface area (Å²) in [6.07, 6.45) is 0. The molecule has 0 radical (unpaired) electrons. The molecule has 3 aromatic carbocycles. The largest absolute Gasteiger partial charge is 0.481 e. The molecule has 0 fully saturated rings. The second-order valence-corrected chi connectivity index (χ2v) is 9.26. The Morgan fingerprint density at radius 1 is 0.906 bits per heavy atom. The molecule has 4 aromatic rings. The molecular formula is C28H27FO3. The summed E-state index contributed by atoms with van der Waals surface area (Å²) in [6, 6.07) is 17.8. The van der Waals surface area contributed by atoms with Crippen molar-refractivity contribution in [3.63, 3.8) is 0 Å². The Kier molecular flexibility index (Phi) is 5.64. The highest BCUT2D eigenvalue weighted by Crippen LogP contribution is 2.34. The molecule has 0 aliphatic rings. The first-order valence-corrected chi connectivity index (χ1v) is 10.7. The van der Waals surface area contributed by atoms with E-state index in [0.717, 1.165) is 22.3 Å². The summed E-state index contributed by atoms with van der Waals surface area (Å²) in [4.78, 5) is 13.4. The number of benzene rings is 3. The fraction of sp³-hybridized carbons (Fsp3) is 0.250. The number of fused-ring (bicyclic) bond motifs is 1. The zero-order valence-corrected chi connectivity index (χ0v) is 19.1. The number of aryl methyl sites for hydroxylation is 2. The number of halogens is 1. The standard InChI is InChI=1S/C28H27FO3/c1-17-14-23-24(15-18(17)2)32-26(20-8-10-21(11-9-20)28(3,4)5)27(25(23)30)31-16-19-6-12-22(29)13-7-19/h6-15H,16H2,1-5H3. The minimum Gasteiger partial charge on any atom is -0.481 e. The van der Waals surface area contributed by atoms with Crippen molar-refractivity contribution < 1.29 is 13.5 Å². The van der Waals surface area contributed by atoms with E-state index in [1.807, 2.05) is 50.2 Å². The Hall–Kier alpha value is -3.40. The van der Waals surface area contributed by atoms with E-state index >= 15 is 0 Å². The van der Waals surface area contributed by atoms with Crippen LogP contribution < -0.4 is 10.2 Å². The molecule has 0 amide bonds. The van der Waals surface area contributed by atoms with Crippen LogP contribution in [-0.2, 0) is 12.0 Å². The van der Waals surface area contributed by atoms with Crippen LogP contribution in [0.5, 0.6) is 5.75 Å².